The molecule has 0 aromatic carbocycles. The van der Waals surface area contributed by atoms with Gasteiger partial charge >= 0.3 is 0 Å². The van der Waals surface area contributed by atoms with Gasteiger partial charge in [-0.1, -0.05) is 0 Å². The van der Waals surface area contributed by atoms with Crippen molar-refractivity contribution in [2.45, 2.75) is 6.92 Å². The van der Waals surface area contributed by atoms with Gasteiger partial charge in [-0.15, -0.1) is 0 Å². The maximum atomic E-state index is 7.02. The third kappa shape index (κ3) is 5.03. The van der Waals surface area contributed by atoms with Crippen LogP contribution in [0.5, 0.6) is 0 Å². The van der Waals surface area contributed by atoms with Crippen molar-refractivity contribution in [1.82, 2.24) is 10.4 Å². The van der Waals surface area contributed by atoms with Crippen molar-refractivity contribution >= 4 is 5.71 Å². The van der Waals surface area contributed by atoms with E-state index in [4.69, 9.17) is 5.41 Å². The van der Waals surface area contributed by atoms with E-state index in [1.54, 1.807) is 24.2 Å². The van der Waals surface area contributed by atoms with Crippen molar-refractivity contribution in [3.8, 4) is 0 Å². The van der Waals surface area contributed by atoms with Crippen molar-refractivity contribution < 1.29 is 0 Å². The smallest absolute Gasteiger partial charge is 0.0297 e. The number of rotatable bonds is 3. The predicted octanol–water partition coefficient (Wildman–Crippen LogP) is 0.606. The molecule has 0 aliphatic rings. The molecule has 0 atom stereocenters. The lowest BCUT2D eigenvalue weighted by molar-refractivity contribution is 0.365. The molecule has 0 saturated carbocycles. The van der Waals surface area contributed by atoms with Crippen LogP contribution in [0, 0.1) is 5.41 Å². The van der Waals surface area contributed by atoms with Crippen molar-refractivity contribution in [2.24, 2.45) is 0 Å². The van der Waals surface area contributed by atoms with Gasteiger partial charge in [-0.2, -0.15) is 0 Å². The summed E-state index contributed by atoms with van der Waals surface area (Å²) in [6.45, 7) is 1.74. The Bertz CT molecular complexity index is 117. The highest BCUT2D eigenvalue weighted by molar-refractivity contribution is 5.89. The topological polar surface area (TPSA) is 39.1 Å². The van der Waals surface area contributed by atoms with Crippen molar-refractivity contribution in [2.75, 3.05) is 14.1 Å². The van der Waals surface area contributed by atoms with Gasteiger partial charge in [-0.3, -0.25) is 0 Å². The van der Waals surface area contributed by atoms with E-state index in [-0.39, 0.29) is 0 Å². The molecule has 0 aromatic rings. The number of hydrogen-bond donors (Lipinski definition) is 2. The van der Waals surface area contributed by atoms with Gasteiger partial charge in [-0.25, -0.2) is 5.43 Å². The minimum atomic E-state index is 0.553. The van der Waals surface area contributed by atoms with Crippen LogP contribution in [0.4, 0.5) is 0 Å². The quantitative estimate of drug-likeness (QED) is 0.430. The molecule has 0 unspecified atom stereocenters. The third-order valence-electron chi connectivity index (χ3n) is 0.901. The van der Waals surface area contributed by atoms with Crippen LogP contribution in [-0.4, -0.2) is 24.8 Å². The zero-order valence-corrected chi connectivity index (χ0v) is 6.10. The molecule has 0 saturated heterocycles. The molecule has 0 bridgehead atoms. The average Bonchev–Trinajstić information content (AvgIpc) is 1.83. The molecule has 3 heteroatoms. The van der Waals surface area contributed by atoms with Crippen LogP contribution >= 0.6 is 0 Å². The Morgan fingerprint density at radius 3 is 2.56 bits per heavy atom. The van der Waals surface area contributed by atoms with Crippen LogP contribution in [0.25, 0.3) is 0 Å². The first-order chi connectivity index (χ1) is 4.16. The summed E-state index contributed by atoms with van der Waals surface area (Å²) >= 11 is 0. The second-order valence-electron chi connectivity index (χ2n) is 1.83. The molecule has 0 fully saturated rings. The second kappa shape index (κ2) is 4.09. The second-order valence-corrected chi connectivity index (χ2v) is 1.83. The zero-order chi connectivity index (χ0) is 7.28. The van der Waals surface area contributed by atoms with Crippen LogP contribution in [0.3, 0.4) is 0 Å². The SMILES string of the molecule is CNN(C)C=CC(C)=N. The van der Waals surface area contributed by atoms with Gasteiger partial charge in [-0.05, 0) is 13.0 Å². The Kier molecular flexibility index (Phi) is 3.71. The fourth-order valence-corrected chi connectivity index (χ4v) is 0.298. The van der Waals surface area contributed by atoms with E-state index in [1.807, 2.05) is 14.1 Å². The third-order valence-corrected chi connectivity index (χ3v) is 0.901. The molecule has 0 heterocycles. The zero-order valence-electron chi connectivity index (χ0n) is 6.10. The largest absolute Gasteiger partial charge is 0.319 e. The highest BCUT2D eigenvalue weighted by atomic mass is 15.5. The van der Waals surface area contributed by atoms with E-state index >= 15 is 0 Å². The molecular weight excluding hydrogens is 114 g/mol. The lowest BCUT2D eigenvalue weighted by Gasteiger charge is -2.09. The Labute approximate surface area is 55.8 Å². The first kappa shape index (κ1) is 8.17. The van der Waals surface area contributed by atoms with Crippen molar-refractivity contribution in [3.63, 3.8) is 0 Å². The number of nitrogens with zero attached hydrogens (tertiary/aromatic N) is 1. The summed E-state index contributed by atoms with van der Waals surface area (Å²) in [4.78, 5) is 0. The normalized spacial score (nSPS) is 10.1. The molecule has 0 spiro atoms. The number of hydrazine groups is 1. The standard InChI is InChI=1S/C6H13N3/c1-6(7)4-5-9(3)8-2/h4-5,7-8H,1-3H3. The minimum Gasteiger partial charge on any atom is -0.319 e. The first-order valence-corrected chi connectivity index (χ1v) is 2.80. The molecule has 0 aromatic heterocycles. The molecule has 0 radical (unpaired) electrons. The number of hydrogen-bond acceptors (Lipinski definition) is 3. The molecule has 0 amide bonds. The molecule has 3 nitrogen and oxygen atoms in total. The van der Waals surface area contributed by atoms with E-state index in [0.29, 0.717) is 5.71 Å². The fraction of sp³-hybridized carbons (Fsp3) is 0.500. The van der Waals surface area contributed by atoms with E-state index in [2.05, 4.69) is 5.43 Å². The highest BCUT2D eigenvalue weighted by Crippen LogP contribution is 1.77. The molecule has 9 heavy (non-hydrogen) atoms. The Morgan fingerprint density at radius 2 is 2.22 bits per heavy atom. The lowest BCUT2D eigenvalue weighted by atomic mass is 10.4. The Hall–Kier alpha value is -0.830. The number of allylic oxidation sites excluding steroid dienone is 1. The van der Waals surface area contributed by atoms with Gasteiger partial charge in [0.15, 0.2) is 0 Å². The van der Waals surface area contributed by atoms with Crippen molar-refractivity contribution in [1.29, 1.82) is 5.41 Å². The summed E-state index contributed by atoms with van der Waals surface area (Å²) < 4.78 is 0. The van der Waals surface area contributed by atoms with Gasteiger partial charge in [0.2, 0.25) is 0 Å². The van der Waals surface area contributed by atoms with Crippen LogP contribution in [-0.2, 0) is 0 Å². The van der Waals surface area contributed by atoms with E-state index in [1.165, 1.54) is 0 Å². The summed E-state index contributed by atoms with van der Waals surface area (Å²) in [7, 11) is 3.70. The van der Waals surface area contributed by atoms with Gasteiger partial charge in [0.25, 0.3) is 0 Å². The summed E-state index contributed by atoms with van der Waals surface area (Å²) in [5.41, 5.74) is 3.42. The van der Waals surface area contributed by atoms with Crippen LogP contribution in [0.1, 0.15) is 6.92 Å². The highest BCUT2D eigenvalue weighted by Gasteiger charge is 1.80. The fourth-order valence-electron chi connectivity index (χ4n) is 0.298. The first-order valence-electron chi connectivity index (χ1n) is 2.80. The molecule has 0 aliphatic heterocycles. The van der Waals surface area contributed by atoms with E-state index < -0.39 is 0 Å². The Balaban J connectivity index is 3.56. The van der Waals surface area contributed by atoms with Gasteiger partial charge in [0.1, 0.15) is 0 Å². The van der Waals surface area contributed by atoms with E-state index in [9.17, 15) is 0 Å². The average molecular weight is 127 g/mol. The molecule has 2 N–H and O–H groups in total. The van der Waals surface area contributed by atoms with Crippen LogP contribution in [0.2, 0.25) is 0 Å². The Morgan fingerprint density at radius 1 is 1.67 bits per heavy atom. The molecule has 0 rings (SSSR count). The monoisotopic (exact) mass is 127 g/mol. The summed E-state index contributed by atoms with van der Waals surface area (Å²) in [5, 5.41) is 8.80. The molecule has 0 aliphatic carbocycles. The summed E-state index contributed by atoms with van der Waals surface area (Å²) in [5.74, 6) is 0. The number of nitrogens with one attached hydrogen (secondary N) is 2. The van der Waals surface area contributed by atoms with Gasteiger partial charge in [0, 0.05) is 26.0 Å². The maximum absolute atomic E-state index is 7.02. The van der Waals surface area contributed by atoms with Crippen LogP contribution < -0.4 is 5.43 Å². The lowest BCUT2D eigenvalue weighted by Crippen LogP contribution is -2.24. The summed E-state index contributed by atoms with van der Waals surface area (Å²) in [6.07, 6.45) is 3.51. The predicted molar refractivity (Wildman–Crippen MR) is 39.4 cm³/mol. The van der Waals surface area contributed by atoms with E-state index in [0.717, 1.165) is 0 Å². The van der Waals surface area contributed by atoms with Crippen molar-refractivity contribution in [3.05, 3.63) is 12.3 Å². The van der Waals surface area contributed by atoms with Gasteiger partial charge < -0.3 is 10.4 Å². The maximum Gasteiger partial charge on any atom is 0.0297 e. The van der Waals surface area contributed by atoms with Gasteiger partial charge in [0.05, 0.1) is 0 Å². The summed E-state index contributed by atoms with van der Waals surface area (Å²) in [6, 6.07) is 0. The molecular formula is C6H13N3. The van der Waals surface area contributed by atoms with Crippen LogP contribution in [0.15, 0.2) is 12.3 Å². The minimum absolute atomic E-state index is 0.553. The molecule has 52 valence electrons.